The van der Waals surface area contributed by atoms with Crippen molar-refractivity contribution >= 4 is 5.69 Å². The van der Waals surface area contributed by atoms with Crippen molar-refractivity contribution in [3.8, 4) is 11.4 Å². The summed E-state index contributed by atoms with van der Waals surface area (Å²) in [5.41, 5.74) is 7.76. The Morgan fingerprint density at radius 2 is 1.89 bits per heavy atom. The maximum absolute atomic E-state index is 6.03. The molecule has 1 aliphatic rings. The number of rotatable bonds is 2. The molecule has 1 aliphatic carbocycles. The van der Waals surface area contributed by atoms with Gasteiger partial charge >= 0.3 is 0 Å². The lowest BCUT2D eigenvalue weighted by Gasteiger charge is -2.18. The standard InChI is InChI=1S/C15H20N4/c1-19-15(12-9-5-6-10-13(12)16)17-14(18-19)11-7-3-2-4-8-11/h5-6,9-11H,2-4,7-8,16H2,1H3. The lowest BCUT2D eigenvalue weighted by Crippen LogP contribution is -2.06. The Labute approximate surface area is 113 Å². The SMILES string of the molecule is Cn1nc(C2CCCCC2)nc1-c1ccccc1N. The maximum atomic E-state index is 6.03. The molecular weight excluding hydrogens is 236 g/mol. The number of nitrogen functional groups attached to an aromatic ring is 1. The quantitative estimate of drug-likeness (QED) is 0.840. The van der Waals surface area contributed by atoms with Crippen LogP contribution in [0.15, 0.2) is 24.3 Å². The molecule has 1 aromatic carbocycles. The Bertz CT molecular complexity index is 567. The smallest absolute Gasteiger partial charge is 0.160 e. The van der Waals surface area contributed by atoms with E-state index in [1.165, 1.54) is 32.1 Å². The molecule has 4 heteroatoms. The van der Waals surface area contributed by atoms with E-state index in [1.807, 2.05) is 36.0 Å². The minimum absolute atomic E-state index is 0.527. The van der Waals surface area contributed by atoms with Crippen LogP contribution in [0.1, 0.15) is 43.8 Å². The Balaban J connectivity index is 1.95. The van der Waals surface area contributed by atoms with E-state index < -0.39 is 0 Å². The second-order valence-corrected chi connectivity index (χ2v) is 5.34. The highest BCUT2D eigenvalue weighted by Gasteiger charge is 2.21. The number of aryl methyl sites for hydroxylation is 1. The molecular formula is C15H20N4. The third-order valence-electron chi connectivity index (χ3n) is 3.95. The van der Waals surface area contributed by atoms with Crippen molar-refractivity contribution < 1.29 is 0 Å². The van der Waals surface area contributed by atoms with Crippen LogP contribution >= 0.6 is 0 Å². The molecule has 0 bridgehead atoms. The van der Waals surface area contributed by atoms with Crippen molar-refractivity contribution in [1.82, 2.24) is 14.8 Å². The minimum Gasteiger partial charge on any atom is -0.398 e. The average molecular weight is 256 g/mol. The second-order valence-electron chi connectivity index (χ2n) is 5.34. The lowest BCUT2D eigenvalue weighted by atomic mass is 9.89. The van der Waals surface area contributed by atoms with E-state index in [2.05, 4.69) is 5.10 Å². The fraction of sp³-hybridized carbons (Fsp3) is 0.467. The predicted molar refractivity (Wildman–Crippen MR) is 76.7 cm³/mol. The Hall–Kier alpha value is -1.84. The number of hydrogen-bond donors (Lipinski definition) is 1. The van der Waals surface area contributed by atoms with Crippen LogP contribution in [-0.2, 0) is 7.05 Å². The largest absolute Gasteiger partial charge is 0.398 e. The molecule has 0 spiro atoms. The molecule has 1 aromatic heterocycles. The summed E-state index contributed by atoms with van der Waals surface area (Å²) in [6.07, 6.45) is 6.38. The first-order valence-electron chi connectivity index (χ1n) is 7.01. The number of hydrogen-bond acceptors (Lipinski definition) is 3. The van der Waals surface area contributed by atoms with Gasteiger partial charge < -0.3 is 5.73 Å². The van der Waals surface area contributed by atoms with E-state index in [0.717, 1.165) is 22.9 Å². The number of anilines is 1. The molecule has 3 rings (SSSR count). The fourth-order valence-corrected chi connectivity index (χ4v) is 2.87. The van der Waals surface area contributed by atoms with Crippen molar-refractivity contribution in [2.75, 3.05) is 5.73 Å². The summed E-state index contributed by atoms with van der Waals surface area (Å²) in [4.78, 5) is 4.74. The average Bonchev–Trinajstić information content (AvgIpc) is 2.82. The molecule has 0 atom stereocenters. The van der Waals surface area contributed by atoms with Crippen LogP contribution in [0.5, 0.6) is 0 Å². The first kappa shape index (κ1) is 12.2. The molecule has 1 saturated carbocycles. The summed E-state index contributed by atoms with van der Waals surface area (Å²) in [5, 5.41) is 4.60. The summed E-state index contributed by atoms with van der Waals surface area (Å²) in [6.45, 7) is 0. The molecule has 0 aliphatic heterocycles. The number of aromatic nitrogens is 3. The third kappa shape index (κ3) is 2.35. The molecule has 2 N–H and O–H groups in total. The molecule has 1 heterocycles. The van der Waals surface area contributed by atoms with Gasteiger partial charge in [-0.25, -0.2) is 9.67 Å². The summed E-state index contributed by atoms with van der Waals surface area (Å²) >= 11 is 0. The number of benzene rings is 1. The zero-order valence-electron chi connectivity index (χ0n) is 11.3. The molecule has 1 fully saturated rings. The number of nitrogens with zero attached hydrogens (tertiary/aromatic N) is 3. The van der Waals surface area contributed by atoms with Gasteiger partial charge in [0.25, 0.3) is 0 Å². The van der Waals surface area contributed by atoms with Crippen LogP contribution in [0.25, 0.3) is 11.4 Å². The number of nitrogens with two attached hydrogens (primary N) is 1. The van der Waals surface area contributed by atoms with Crippen LogP contribution < -0.4 is 5.73 Å². The molecule has 0 amide bonds. The van der Waals surface area contributed by atoms with Crippen molar-refractivity contribution in [3.05, 3.63) is 30.1 Å². The van der Waals surface area contributed by atoms with Crippen LogP contribution in [-0.4, -0.2) is 14.8 Å². The summed E-state index contributed by atoms with van der Waals surface area (Å²) in [6, 6.07) is 7.84. The van der Waals surface area contributed by atoms with Crippen LogP contribution in [0.3, 0.4) is 0 Å². The zero-order chi connectivity index (χ0) is 13.2. The van der Waals surface area contributed by atoms with E-state index in [-0.39, 0.29) is 0 Å². The lowest BCUT2D eigenvalue weighted by molar-refractivity contribution is 0.427. The molecule has 0 unspecified atom stereocenters. The van der Waals surface area contributed by atoms with Gasteiger partial charge in [-0.3, -0.25) is 0 Å². The van der Waals surface area contributed by atoms with Gasteiger partial charge in [-0.05, 0) is 25.0 Å². The van der Waals surface area contributed by atoms with Crippen LogP contribution in [0.2, 0.25) is 0 Å². The van der Waals surface area contributed by atoms with E-state index in [1.54, 1.807) is 0 Å². The summed E-state index contributed by atoms with van der Waals surface area (Å²) < 4.78 is 1.86. The van der Waals surface area contributed by atoms with E-state index in [0.29, 0.717) is 5.92 Å². The van der Waals surface area contributed by atoms with Crippen molar-refractivity contribution in [2.24, 2.45) is 7.05 Å². The van der Waals surface area contributed by atoms with Gasteiger partial charge in [0.2, 0.25) is 0 Å². The van der Waals surface area contributed by atoms with Crippen LogP contribution in [0.4, 0.5) is 5.69 Å². The third-order valence-corrected chi connectivity index (χ3v) is 3.95. The number of para-hydroxylation sites is 1. The minimum atomic E-state index is 0.527. The maximum Gasteiger partial charge on any atom is 0.160 e. The molecule has 4 nitrogen and oxygen atoms in total. The summed E-state index contributed by atoms with van der Waals surface area (Å²) in [7, 11) is 1.95. The molecule has 19 heavy (non-hydrogen) atoms. The monoisotopic (exact) mass is 256 g/mol. The van der Waals surface area contributed by atoms with Gasteiger partial charge in [0, 0.05) is 24.2 Å². The van der Waals surface area contributed by atoms with Gasteiger partial charge in [-0.15, -0.1) is 0 Å². The molecule has 0 radical (unpaired) electrons. The first-order chi connectivity index (χ1) is 9.25. The van der Waals surface area contributed by atoms with E-state index in [4.69, 9.17) is 10.7 Å². The predicted octanol–water partition coefficient (Wildman–Crippen LogP) is 3.11. The summed E-state index contributed by atoms with van der Waals surface area (Å²) in [5.74, 6) is 2.39. The first-order valence-corrected chi connectivity index (χ1v) is 7.01. The van der Waals surface area contributed by atoms with Gasteiger partial charge in [-0.1, -0.05) is 31.4 Å². The topological polar surface area (TPSA) is 56.7 Å². The van der Waals surface area contributed by atoms with Gasteiger partial charge in [-0.2, -0.15) is 5.10 Å². The van der Waals surface area contributed by atoms with E-state index >= 15 is 0 Å². The van der Waals surface area contributed by atoms with Gasteiger partial charge in [0.15, 0.2) is 11.6 Å². The highest BCUT2D eigenvalue weighted by Crippen LogP contribution is 2.32. The Kier molecular flexibility index (Phi) is 3.23. The molecule has 100 valence electrons. The van der Waals surface area contributed by atoms with Crippen molar-refractivity contribution in [2.45, 2.75) is 38.0 Å². The van der Waals surface area contributed by atoms with Crippen molar-refractivity contribution in [1.29, 1.82) is 0 Å². The Morgan fingerprint density at radius 3 is 2.63 bits per heavy atom. The molecule has 2 aromatic rings. The highest BCUT2D eigenvalue weighted by atomic mass is 15.3. The normalized spacial score (nSPS) is 16.7. The zero-order valence-corrected chi connectivity index (χ0v) is 11.3. The van der Waals surface area contributed by atoms with Crippen LogP contribution in [0, 0.1) is 0 Å². The highest BCUT2D eigenvalue weighted by molar-refractivity contribution is 5.71. The molecule has 0 saturated heterocycles. The second kappa shape index (κ2) is 5.03. The van der Waals surface area contributed by atoms with Gasteiger partial charge in [0.05, 0.1) is 0 Å². The van der Waals surface area contributed by atoms with Crippen molar-refractivity contribution in [3.63, 3.8) is 0 Å². The van der Waals surface area contributed by atoms with E-state index in [9.17, 15) is 0 Å². The Morgan fingerprint density at radius 1 is 1.16 bits per heavy atom. The fourth-order valence-electron chi connectivity index (χ4n) is 2.87. The van der Waals surface area contributed by atoms with Gasteiger partial charge in [0.1, 0.15) is 0 Å².